The van der Waals surface area contributed by atoms with E-state index in [0.717, 1.165) is 44.5 Å². The van der Waals surface area contributed by atoms with Crippen molar-refractivity contribution < 1.29 is 4.79 Å². The molecular formula is C19H31IN4O. The van der Waals surface area contributed by atoms with Crippen LogP contribution in [0.4, 0.5) is 5.69 Å². The van der Waals surface area contributed by atoms with Crippen LogP contribution in [0.3, 0.4) is 0 Å². The molecule has 1 aromatic carbocycles. The lowest BCUT2D eigenvalue weighted by atomic mass is 10.0. The summed E-state index contributed by atoms with van der Waals surface area (Å²) in [5.74, 6) is 1.42. The molecule has 25 heavy (non-hydrogen) atoms. The van der Waals surface area contributed by atoms with Crippen LogP contribution in [0.25, 0.3) is 0 Å². The van der Waals surface area contributed by atoms with E-state index in [1.807, 2.05) is 23.1 Å². The molecule has 5 nitrogen and oxygen atoms in total. The second-order valence-electron chi connectivity index (χ2n) is 6.27. The first-order chi connectivity index (χ1) is 11.7. The monoisotopic (exact) mass is 458 g/mol. The molecule has 0 bridgehead atoms. The summed E-state index contributed by atoms with van der Waals surface area (Å²) in [5.41, 5.74) is 2.31. The van der Waals surface area contributed by atoms with Gasteiger partial charge in [0.1, 0.15) is 0 Å². The van der Waals surface area contributed by atoms with Gasteiger partial charge in [0.15, 0.2) is 5.96 Å². The van der Waals surface area contributed by atoms with E-state index >= 15 is 0 Å². The molecule has 0 saturated carbocycles. The fourth-order valence-electron chi connectivity index (χ4n) is 3.09. The Morgan fingerprint density at radius 1 is 1.24 bits per heavy atom. The summed E-state index contributed by atoms with van der Waals surface area (Å²) in [5, 5.41) is 6.47. The lowest BCUT2D eigenvalue weighted by molar-refractivity contribution is -0.117. The van der Waals surface area contributed by atoms with Crippen LogP contribution in [0, 0.1) is 5.92 Å². The minimum Gasteiger partial charge on any atom is -0.356 e. The van der Waals surface area contributed by atoms with Crippen molar-refractivity contribution in [2.24, 2.45) is 10.9 Å². The number of benzene rings is 1. The van der Waals surface area contributed by atoms with Crippen LogP contribution in [-0.4, -0.2) is 38.5 Å². The predicted molar refractivity (Wildman–Crippen MR) is 116 cm³/mol. The third kappa shape index (κ3) is 6.17. The Balaban J connectivity index is 0.00000312. The third-order valence-corrected chi connectivity index (χ3v) is 4.75. The van der Waals surface area contributed by atoms with Crippen LogP contribution in [0.2, 0.25) is 0 Å². The molecule has 2 N–H and O–H groups in total. The van der Waals surface area contributed by atoms with Gasteiger partial charge in [0, 0.05) is 25.8 Å². The lowest BCUT2D eigenvalue weighted by Crippen LogP contribution is -2.46. The highest BCUT2D eigenvalue weighted by Crippen LogP contribution is 2.26. The SMILES string of the molecule is CCC(CC)CNC(=NC)NCC(=O)N1CCCc2ccccc21.I. The first-order valence-corrected chi connectivity index (χ1v) is 9.02. The number of hydrogen-bond donors (Lipinski definition) is 2. The third-order valence-electron chi connectivity index (χ3n) is 4.75. The van der Waals surface area contributed by atoms with Crippen molar-refractivity contribution in [2.45, 2.75) is 39.5 Å². The number of anilines is 1. The maximum Gasteiger partial charge on any atom is 0.246 e. The van der Waals surface area contributed by atoms with E-state index in [-0.39, 0.29) is 36.4 Å². The zero-order valence-corrected chi connectivity index (χ0v) is 17.9. The molecule has 0 fully saturated rings. The molecular weight excluding hydrogens is 427 g/mol. The number of aliphatic imine (C=N–C) groups is 1. The average Bonchev–Trinajstić information content (AvgIpc) is 2.64. The lowest BCUT2D eigenvalue weighted by Gasteiger charge is -2.29. The van der Waals surface area contributed by atoms with Crippen LogP contribution >= 0.6 is 24.0 Å². The summed E-state index contributed by atoms with van der Waals surface area (Å²) in [6.07, 6.45) is 4.35. The van der Waals surface area contributed by atoms with E-state index in [1.54, 1.807) is 7.05 Å². The van der Waals surface area contributed by atoms with Crippen molar-refractivity contribution in [1.29, 1.82) is 0 Å². The van der Waals surface area contributed by atoms with Gasteiger partial charge in [0.2, 0.25) is 5.91 Å². The zero-order valence-electron chi connectivity index (χ0n) is 15.5. The van der Waals surface area contributed by atoms with E-state index in [4.69, 9.17) is 0 Å². The maximum absolute atomic E-state index is 12.6. The molecule has 0 aliphatic carbocycles. The second-order valence-corrected chi connectivity index (χ2v) is 6.27. The van der Waals surface area contributed by atoms with Crippen LogP contribution in [0.15, 0.2) is 29.3 Å². The van der Waals surface area contributed by atoms with E-state index in [9.17, 15) is 4.79 Å². The molecule has 0 saturated heterocycles. The molecule has 1 amide bonds. The summed E-state index contributed by atoms with van der Waals surface area (Å²) in [6.45, 7) is 6.33. The first kappa shape index (κ1) is 21.7. The second kappa shape index (κ2) is 11.3. The standard InChI is InChI=1S/C19H30N4O.HI/c1-4-15(5-2)13-21-19(20-3)22-14-18(24)23-12-8-10-16-9-6-7-11-17(16)23;/h6-7,9,11,15H,4-5,8,10,12-14H2,1-3H3,(H2,20,21,22);1H. The van der Waals surface area contributed by atoms with Crippen LogP contribution in [-0.2, 0) is 11.2 Å². The van der Waals surface area contributed by atoms with Gasteiger partial charge < -0.3 is 15.5 Å². The molecule has 0 unspecified atom stereocenters. The van der Waals surface area contributed by atoms with Gasteiger partial charge in [-0.1, -0.05) is 44.9 Å². The van der Waals surface area contributed by atoms with E-state index in [2.05, 4.69) is 35.5 Å². The van der Waals surface area contributed by atoms with Crippen molar-refractivity contribution in [3.63, 3.8) is 0 Å². The van der Waals surface area contributed by atoms with Gasteiger partial charge in [0.05, 0.1) is 6.54 Å². The Hall–Kier alpha value is -1.31. The zero-order chi connectivity index (χ0) is 17.4. The Kier molecular flexibility index (Phi) is 9.85. The minimum absolute atomic E-state index is 0. The molecule has 0 spiro atoms. The number of guanidine groups is 1. The number of hydrogen-bond acceptors (Lipinski definition) is 2. The number of halogens is 1. The highest BCUT2D eigenvalue weighted by Gasteiger charge is 2.21. The fraction of sp³-hybridized carbons (Fsp3) is 0.579. The number of carbonyl (C=O) groups is 1. The van der Waals surface area contributed by atoms with Crippen LogP contribution in [0.1, 0.15) is 38.7 Å². The number of nitrogens with zero attached hydrogens (tertiary/aromatic N) is 2. The topological polar surface area (TPSA) is 56.7 Å². The number of carbonyl (C=O) groups excluding carboxylic acids is 1. The molecule has 1 aliphatic rings. The summed E-state index contributed by atoms with van der Waals surface area (Å²) < 4.78 is 0. The number of amides is 1. The van der Waals surface area contributed by atoms with Gasteiger partial charge in [-0.15, -0.1) is 24.0 Å². The number of rotatable bonds is 6. The largest absolute Gasteiger partial charge is 0.356 e. The fourth-order valence-corrected chi connectivity index (χ4v) is 3.09. The Labute approximate surface area is 168 Å². The highest BCUT2D eigenvalue weighted by atomic mass is 127. The van der Waals surface area contributed by atoms with E-state index in [1.165, 1.54) is 5.56 Å². The average molecular weight is 458 g/mol. The van der Waals surface area contributed by atoms with Crippen molar-refractivity contribution in [3.8, 4) is 0 Å². The summed E-state index contributed by atoms with van der Waals surface area (Å²) in [6, 6.07) is 8.17. The Morgan fingerprint density at radius 3 is 2.64 bits per heavy atom. The predicted octanol–water partition coefficient (Wildman–Crippen LogP) is 3.19. The van der Waals surface area contributed by atoms with Crippen molar-refractivity contribution in [3.05, 3.63) is 29.8 Å². The van der Waals surface area contributed by atoms with Gasteiger partial charge in [-0.05, 0) is 30.4 Å². The Bertz CT molecular complexity index is 572. The molecule has 0 aromatic heterocycles. The van der Waals surface area contributed by atoms with E-state index in [0.29, 0.717) is 11.9 Å². The van der Waals surface area contributed by atoms with Crippen LogP contribution in [0.5, 0.6) is 0 Å². The van der Waals surface area contributed by atoms with Gasteiger partial charge in [0.25, 0.3) is 0 Å². The summed E-state index contributed by atoms with van der Waals surface area (Å²) in [7, 11) is 1.74. The number of fused-ring (bicyclic) bond motifs is 1. The van der Waals surface area contributed by atoms with Crippen molar-refractivity contribution in [2.75, 3.05) is 31.6 Å². The van der Waals surface area contributed by atoms with Crippen molar-refractivity contribution in [1.82, 2.24) is 10.6 Å². The number of para-hydroxylation sites is 1. The van der Waals surface area contributed by atoms with Gasteiger partial charge in [-0.2, -0.15) is 0 Å². The highest BCUT2D eigenvalue weighted by molar-refractivity contribution is 14.0. The number of nitrogens with one attached hydrogen (secondary N) is 2. The van der Waals surface area contributed by atoms with E-state index < -0.39 is 0 Å². The van der Waals surface area contributed by atoms with Crippen molar-refractivity contribution >= 4 is 41.5 Å². The minimum atomic E-state index is 0. The summed E-state index contributed by atoms with van der Waals surface area (Å²) >= 11 is 0. The maximum atomic E-state index is 12.6. The molecule has 2 rings (SSSR count). The molecule has 0 atom stereocenters. The van der Waals surface area contributed by atoms with Gasteiger partial charge in [-0.3, -0.25) is 9.79 Å². The molecule has 1 heterocycles. The van der Waals surface area contributed by atoms with Crippen LogP contribution < -0.4 is 15.5 Å². The molecule has 140 valence electrons. The quantitative estimate of drug-likeness (QED) is 0.391. The Morgan fingerprint density at radius 2 is 1.96 bits per heavy atom. The smallest absolute Gasteiger partial charge is 0.246 e. The summed E-state index contributed by atoms with van der Waals surface area (Å²) in [4.78, 5) is 18.7. The molecule has 0 radical (unpaired) electrons. The molecule has 1 aromatic rings. The first-order valence-electron chi connectivity index (χ1n) is 9.02. The van der Waals surface area contributed by atoms with Gasteiger partial charge in [-0.25, -0.2) is 0 Å². The molecule has 6 heteroatoms. The normalized spacial score (nSPS) is 13.9. The molecule has 1 aliphatic heterocycles. The van der Waals surface area contributed by atoms with Gasteiger partial charge >= 0.3 is 0 Å². The number of aryl methyl sites for hydroxylation is 1.